The fourth-order valence-electron chi connectivity index (χ4n) is 4.84. The monoisotopic (exact) mass is 554 g/mol. The number of amides is 2. The van der Waals surface area contributed by atoms with Crippen molar-refractivity contribution in [1.29, 1.82) is 5.26 Å². The number of nitriles is 1. The molecule has 204 valence electrons. The Kier molecular flexibility index (Phi) is 6.93. The summed E-state index contributed by atoms with van der Waals surface area (Å²) in [6.07, 6.45) is 1.32. The molecule has 2 aliphatic rings. The number of furan rings is 1. The van der Waals surface area contributed by atoms with Gasteiger partial charge in [0.1, 0.15) is 22.4 Å². The molecule has 2 aliphatic carbocycles. The molecule has 3 N–H and O–H groups in total. The van der Waals surface area contributed by atoms with Gasteiger partial charge in [0.25, 0.3) is 5.91 Å². The van der Waals surface area contributed by atoms with Gasteiger partial charge in [-0.1, -0.05) is 30.1 Å². The largest absolute Gasteiger partial charge is 0.495 e. The maximum Gasteiger partial charge on any atom is 0.287 e. The van der Waals surface area contributed by atoms with Gasteiger partial charge in [-0.2, -0.15) is 5.26 Å². The van der Waals surface area contributed by atoms with E-state index in [-0.39, 0.29) is 18.6 Å². The molecule has 0 saturated heterocycles. The van der Waals surface area contributed by atoms with Gasteiger partial charge in [0.15, 0.2) is 5.76 Å². The van der Waals surface area contributed by atoms with E-state index in [1.54, 1.807) is 19.2 Å². The summed E-state index contributed by atoms with van der Waals surface area (Å²) in [6, 6.07) is 14.9. The second kappa shape index (κ2) is 10.1. The molecule has 2 fully saturated rings. The lowest BCUT2D eigenvalue weighted by Crippen LogP contribution is -2.62. The Bertz CT molecular complexity index is 1470. The SMILES string of the molecule is COc1cc(-c2ccc3cc(C(=O)NC4(C(=O)NC5(C#N)CC5)CCC(F)(F)CC4)oc3c2)ccc1NSC. The van der Waals surface area contributed by atoms with E-state index in [1.165, 1.54) is 11.9 Å². The lowest BCUT2D eigenvalue weighted by molar-refractivity contribution is -0.133. The zero-order chi connectivity index (χ0) is 27.8. The maximum absolute atomic E-state index is 14.0. The molecule has 1 aromatic heterocycles. The molecule has 5 rings (SSSR count). The number of anilines is 1. The Hall–Kier alpha value is -3.78. The van der Waals surface area contributed by atoms with E-state index in [0.717, 1.165) is 16.8 Å². The molecule has 0 spiro atoms. The Morgan fingerprint density at radius 3 is 2.33 bits per heavy atom. The molecular weight excluding hydrogens is 526 g/mol. The first-order chi connectivity index (χ1) is 18.6. The highest BCUT2D eigenvalue weighted by molar-refractivity contribution is 7.99. The summed E-state index contributed by atoms with van der Waals surface area (Å²) in [5, 5.41) is 15.4. The van der Waals surface area contributed by atoms with Crippen LogP contribution in [0.3, 0.4) is 0 Å². The average Bonchev–Trinajstić information content (AvgIpc) is 3.57. The van der Waals surface area contributed by atoms with Crippen LogP contribution in [0.25, 0.3) is 22.1 Å². The Morgan fingerprint density at radius 1 is 1.00 bits per heavy atom. The molecule has 1 heterocycles. The van der Waals surface area contributed by atoms with E-state index in [2.05, 4.69) is 21.4 Å². The number of hydrogen-bond acceptors (Lipinski definition) is 7. The minimum atomic E-state index is -2.91. The van der Waals surface area contributed by atoms with Gasteiger partial charge >= 0.3 is 0 Å². The first-order valence-corrected chi connectivity index (χ1v) is 13.8. The van der Waals surface area contributed by atoms with Crippen molar-refractivity contribution in [2.45, 2.75) is 55.5 Å². The minimum absolute atomic E-state index is 0.0369. The number of carbonyl (C=O) groups excluding carboxylic acids is 2. The highest BCUT2D eigenvalue weighted by Gasteiger charge is 2.53. The van der Waals surface area contributed by atoms with Crippen molar-refractivity contribution in [3.8, 4) is 22.9 Å². The van der Waals surface area contributed by atoms with Gasteiger partial charge in [-0.25, -0.2) is 8.78 Å². The highest BCUT2D eigenvalue weighted by Crippen LogP contribution is 2.41. The predicted octanol–water partition coefficient (Wildman–Crippen LogP) is 5.65. The molecule has 2 aromatic carbocycles. The topological polar surface area (TPSA) is 116 Å². The van der Waals surface area contributed by atoms with Crippen molar-refractivity contribution in [3.05, 3.63) is 48.2 Å². The lowest BCUT2D eigenvalue weighted by Gasteiger charge is -2.39. The molecule has 2 saturated carbocycles. The van der Waals surface area contributed by atoms with E-state index in [4.69, 9.17) is 9.15 Å². The lowest BCUT2D eigenvalue weighted by atomic mass is 9.78. The summed E-state index contributed by atoms with van der Waals surface area (Å²) >= 11 is 1.45. The summed E-state index contributed by atoms with van der Waals surface area (Å²) in [5.74, 6) is -3.57. The third kappa shape index (κ3) is 5.39. The molecule has 3 aromatic rings. The normalized spacial score (nSPS) is 18.5. The quantitative estimate of drug-likeness (QED) is 0.308. The molecule has 11 heteroatoms. The molecule has 0 aliphatic heterocycles. The van der Waals surface area contributed by atoms with Crippen LogP contribution in [0.5, 0.6) is 5.75 Å². The van der Waals surface area contributed by atoms with Gasteiger partial charge in [-0.15, -0.1) is 0 Å². The zero-order valence-corrected chi connectivity index (χ0v) is 22.3. The molecule has 0 atom stereocenters. The number of carbonyl (C=O) groups is 2. The number of fused-ring (bicyclic) bond motifs is 1. The van der Waals surface area contributed by atoms with Crippen LogP contribution in [-0.2, 0) is 4.79 Å². The molecule has 0 radical (unpaired) electrons. The summed E-state index contributed by atoms with van der Waals surface area (Å²) in [7, 11) is 1.59. The van der Waals surface area contributed by atoms with Crippen molar-refractivity contribution in [1.82, 2.24) is 10.6 Å². The van der Waals surface area contributed by atoms with Gasteiger partial charge in [-0.05, 0) is 61.1 Å². The third-order valence-electron chi connectivity index (χ3n) is 7.43. The summed E-state index contributed by atoms with van der Waals surface area (Å²) in [6.45, 7) is 0. The molecule has 0 unspecified atom stereocenters. The number of hydrogen-bond donors (Lipinski definition) is 3. The molecule has 2 amide bonds. The molecule has 39 heavy (non-hydrogen) atoms. The number of nitrogens with one attached hydrogen (secondary N) is 3. The first kappa shape index (κ1) is 26.8. The van der Waals surface area contributed by atoms with E-state index < -0.39 is 41.7 Å². The second-order valence-corrected chi connectivity index (χ2v) is 10.7. The van der Waals surface area contributed by atoms with Crippen LogP contribution >= 0.6 is 11.9 Å². The van der Waals surface area contributed by atoms with Gasteiger partial charge in [0.05, 0.1) is 18.9 Å². The van der Waals surface area contributed by atoms with Gasteiger partial charge in [0, 0.05) is 24.5 Å². The fourth-order valence-corrected chi connectivity index (χ4v) is 5.23. The van der Waals surface area contributed by atoms with E-state index in [0.29, 0.717) is 29.6 Å². The number of benzene rings is 2. The minimum Gasteiger partial charge on any atom is -0.495 e. The van der Waals surface area contributed by atoms with Crippen molar-refractivity contribution >= 4 is 40.4 Å². The number of halogens is 2. The summed E-state index contributed by atoms with van der Waals surface area (Å²) < 4.78 is 42.5. The smallest absolute Gasteiger partial charge is 0.287 e. The van der Waals surface area contributed by atoms with E-state index >= 15 is 0 Å². The van der Waals surface area contributed by atoms with Crippen LogP contribution in [0, 0.1) is 11.3 Å². The number of rotatable bonds is 8. The summed E-state index contributed by atoms with van der Waals surface area (Å²) in [4.78, 5) is 26.5. The third-order valence-corrected chi connectivity index (χ3v) is 7.85. The number of alkyl halides is 2. The Morgan fingerprint density at radius 2 is 1.69 bits per heavy atom. The average molecular weight is 555 g/mol. The van der Waals surface area contributed by atoms with Crippen molar-refractivity contribution < 1.29 is 27.5 Å². The van der Waals surface area contributed by atoms with Gasteiger partial charge < -0.3 is 24.5 Å². The first-order valence-electron chi connectivity index (χ1n) is 12.6. The van der Waals surface area contributed by atoms with Crippen molar-refractivity contribution in [2.24, 2.45) is 0 Å². The molecule has 0 bridgehead atoms. The Balaban J connectivity index is 1.39. The summed E-state index contributed by atoms with van der Waals surface area (Å²) in [5.41, 5.74) is 0.475. The predicted molar refractivity (Wildman–Crippen MR) is 145 cm³/mol. The second-order valence-electron chi connectivity index (χ2n) is 10.1. The van der Waals surface area contributed by atoms with Crippen LogP contribution in [-0.4, -0.2) is 42.2 Å². The maximum atomic E-state index is 14.0. The van der Waals surface area contributed by atoms with Crippen LogP contribution < -0.4 is 20.1 Å². The number of ether oxygens (including phenoxy) is 1. The van der Waals surface area contributed by atoms with Crippen LogP contribution in [0.1, 0.15) is 49.1 Å². The highest BCUT2D eigenvalue weighted by atomic mass is 32.2. The molecular formula is C28H28F2N4O4S. The van der Waals surface area contributed by atoms with Crippen LogP contribution in [0.2, 0.25) is 0 Å². The fraction of sp³-hybridized carbons (Fsp3) is 0.393. The zero-order valence-electron chi connectivity index (χ0n) is 21.5. The van der Waals surface area contributed by atoms with Gasteiger partial charge in [0.2, 0.25) is 11.8 Å². The number of nitrogens with zero attached hydrogens (tertiary/aromatic N) is 1. The Labute approximate surface area is 228 Å². The van der Waals surface area contributed by atoms with E-state index in [9.17, 15) is 23.6 Å². The van der Waals surface area contributed by atoms with Crippen LogP contribution in [0.15, 0.2) is 46.9 Å². The van der Waals surface area contributed by atoms with Crippen LogP contribution in [0.4, 0.5) is 14.5 Å². The molecule has 8 nitrogen and oxygen atoms in total. The van der Waals surface area contributed by atoms with Gasteiger partial charge in [-0.3, -0.25) is 9.59 Å². The number of methoxy groups -OCH3 is 1. The van der Waals surface area contributed by atoms with E-state index in [1.807, 2.05) is 36.6 Å². The van der Waals surface area contributed by atoms with Crippen molar-refractivity contribution in [3.63, 3.8) is 0 Å². The van der Waals surface area contributed by atoms with Crippen molar-refractivity contribution in [2.75, 3.05) is 18.1 Å². The standard InChI is InChI=1S/C28H28F2N4O4S/c1-37-22-14-18(5-6-20(22)34-39-2)17-3-4-19-15-23(38-21(19)13-17)24(35)32-27(9-11-28(29,30)12-10-27)25(36)33-26(16-31)7-8-26/h3-6,13-15,34H,7-12H2,1-2H3,(H,32,35)(H,33,36).